The minimum absolute atomic E-state index is 0.176. The molecule has 2 atom stereocenters. The zero-order chi connectivity index (χ0) is 13.8. The molecule has 0 amide bonds. The van der Waals surface area contributed by atoms with Gasteiger partial charge < -0.3 is 5.73 Å². The molecule has 4 nitrogen and oxygen atoms in total. The number of nitrogens with zero attached hydrogens (tertiary/aromatic N) is 3. The second kappa shape index (κ2) is 6.44. The number of hydrogen-bond acceptors (Lipinski definition) is 4. The Hall–Kier alpha value is -1.00. The molecule has 0 bridgehead atoms. The first-order valence-electron chi connectivity index (χ1n) is 7.37. The van der Waals surface area contributed by atoms with E-state index >= 15 is 0 Å². The Morgan fingerprint density at radius 3 is 2.89 bits per heavy atom. The maximum Gasteiger partial charge on any atom is 0.125 e. The van der Waals surface area contributed by atoms with Gasteiger partial charge in [-0.2, -0.15) is 0 Å². The third-order valence-corrected chi connectivity index (χ3v) is 3.73. The van der Waals surface area contributed by atoms with E-state index in [4.69, 9.17) is 5.73 Å². The predicted octanol–water partition coefficient (Wildman–Crippen LogP) is 2.30. The Labute approximate surface area is 116 Å². The van der Waals surface area contributed by atoms with Crippen molar-refractivity contribution < 1.29 is 0 Å². The summed E-state index contributed by atoms with van der Waals surface area (Å²) in [5, 5.41) is 0. The predicted molar refractivity (Wildman–Crippen MR) is 77.7 cm³/mol. The third kappa shape index (κ3) is 3.74. The van der Waals surface area contributed by atoms with Crippen LogP contribution in [0.4, 0.5) is 0 Å². The summed E-state index contributed by atoms with van der Waals surface area (Å²) in [7, 11) is 0. The zero-order valence-corrected chi connectivity index (χ0v) is 12.3. The summed E-state index contributed by atoms with van der Waals surface area (Å²) < 4.78 is 0. The summed E-state index contributed by atoms with van der Waals surface area (Å²) in [5.41, 5.74) is 7.51. The molecule has 106 valence electrons. The lowest BCUT2D eigenvalue weighted by Gasteiger charge is -2.34. The number of likely N-dealkylation sites (tertiary alicyclic amines) is 1. The van der Waals surface area contributed by atoms with Crippen LogP contribution >= 0.6 is 0 Å². The first-order valence-corrected chi connectivity index (χ1v) is 7.37. The lowest BCUT2D eigenvalue weighted by molar-refractivity contribution is 0.162. The van der Waals surface area contributed by atoms with E-state index < -0.39 is 0 Å². The Kier molecular flexibility index (Phi) is 4.88. The van der Waals surface area contributed by atoms with Crippen molar-refractivity contribution in [3.63, 3.8) is 0 Å². The first-order chi connectivity index (χ1) is 9.08. The van der Waals surface area contributed by atoms with E-state index in [2.05, 4.69) is 28.7 Å². The number of rotatable bonds is 3. The van der Waals surface area contributed by atoms with Crippen molar-refractivity contribution >= 4 is 0 Å². The summed E-state index contributed by atoms with van der Waals surface area (Å²) in [4.78, 5) is 11.3. The van der Waals surface area contributed by atoms with Crippen molar-refractivity contribution in [3.05, 3.63) is 23.8 Å². The Balaban J connectivity index is 2.28. The fraction of sp³-hybridized carbons (Fsp3) is 0.733. The van der Waals surface area contributed by atoms with Crippen LogP contribution in [-0.2, 0) is 0 Å². The molecule has 0 spiro atoms. The van der Waals surface area contributed by atoms with Gasteiger partial charge >= 0.3 is 0 Å². The molecule has 1 aromatic rings. The molecule has 1 fully saturated rings. The SMILES string of the molecule is Cc1nccc(C2C(N)CCCCN2CC(C)C)n1. The lowest BCUT2D eigenvalue weighted by Crippen LogP contribution is -2.42. The van der Waals surface area contributed by atoms with Crippen molar-refractivity contribution in [1.82, 2.24) is 14.9 Å². The van der Waals surface area contributed by atoms with E-state index in [0.29, 0.717) is 5.92 Å². The molecule has 0 saturated carbocycles. The van der Waals surface area contributed by atoms with Crippen LogP contribution in [0.2, 0.25) is 0 Å². The van der Waals surface area contributed by atoms with Crippen molar-refractivity contribution in [3.8, 4) is 0 Å². The first kappa shape index (κ1) is 14.4. The maximum absolute atomic E-state index is 6.43. The molecule has 0 radical (unpaired) electrons. The van der Waals surface area contributed by atoms with Gasteiger partial charge in [0.25, 0.3) is 0 Å². The minimum Gasteiger partial charge on any atom is -0.326 e. The average Bonchev–Trinajstić information content (AvgIpc) is 2.50. The molecule has 2 heterocycles. The molecular formula is C15H26N4. The van der Waals surface area contributed by atoms with Crippen molar-refractivity contribution in [2.45, 2.75) is 52.1 Å². The van der Waals surface area contributed by atoms with Gasteiger partial charge in [0.2, 0.25) is 0 Å². The van der Waals surface area contributed by atoms with Gasteiger partial charge in [-0.15, -0.1) is 0 Å². The van der Waals surface area contributed by atoms with Crippen molar-refractivity contribution in [2.24, 2.45) is 11.7 Å². The van der Waals surface area contributed by atoms with Crippen LogP contribution in [0.5, 0.6) is 0 Å². The minimum atomic E-state index is 0.176. The molecule has 0 aliphatic carbocycles. The highest BCUT2D eigenvalue weighted by molar-refractivity contribution is 5.11. The summed E-state index contributed by atoms with van der Waals surface area (Å²) >= 11 is 0. The second-order valence-electron chi connectivity index (χ2n) is 6.02. The van der Waals surface area contributed by atoms with Crippen LogP contribution in [0.15, 0.2) is 12.3 Å². The molecule has 1 saturated heterocycles. The second-order valence-corrected chi connectivity index (χ2v) is 6.02. The van der Waals surface area contributed by atoms with Crippen LogP contribution in [0.25, 0.3) is 0 Å². The monoisotopic (exact) mass is 262 g/mol. The molecule has 1 aliphatic heterocycles. The molecule has 1 aliphatic rings. The quantitative estimate of drug-likeness (QED) is 0.908. The van der Waals surface area contributed by atoms with E-state index in [0.717, 1.165) is 31.0 Å². The smallest absolute Gasteiger partial charge is 0.125 e. The molecule has 19 heavy (non-hydrogen) atoms. The van der Waals surface area contributed by atoms with Gasteiger partial charge in [-0.1, -0.05) is 20.3 Å². The summed E-state index contributed by atoms with van der Waals surface area (Å²) in [5.74, 6) is 1.48. The largest absolute Gasteiger partial charge is 0.326 e. The number of aromatic nitrogens is 2. The van der Waals surface area contributed by atoms with Gasteiger partial charge in [0.15, 0.2) is 0 Å². The fourth-order valence-corrected chi connectivity index (χ4v) is 2.98. The normalized spacial score (nSPS) is 25.5. The number of hydrogen-bond donors (Lipinski definition) is 1. The van der Waals surface area contributed by atoms with Gasteiger partial charge in [0, 0.05) is 18.8 Å². The highest BCUT2D eigenvalue weighted by atomic mass is 15.2. The number of nitrogens with two attached hydrogens (primary N) is 1. The maximum atomic E-state index is 6.43. The van der Waals surface area contributed by atoms with E-state index in [1.165, 1.54) is 12.8 Å². The standard InChI is InChI=1S/C15H26N4/c1-11(2)10-19-9-5-4-6-13(16)15(19)14-7-8-17-12(3)18-14/h7-8,11,13,15H,4-6,9-10,16H2,1-3H3. The van der Waals surface area contributed by atoms with Gasteiger partial charge in [0.05, 0.1) is 11.7 Å². The molecule has 2 rings (SSSR count). The highest BCUT2D eigenvalue weighted by Crippen LogP contribution is 2.28. The molecule has 2 unspecified atom stereocenters. The summed E-state index contributed by atoms with van der Waals surface area (Å²) in [6, 6.07) is 2.44. The molecule has 1 aromatic heterocycles. The van der Waals surface area contributed by atoms with Crippen LogP contribution in [-0.4, -0.2) is 34.0 Å². The van der Waals surface area contributed by atoms with Crippen LogP contribution < -0.4 is 5.73 Å². The van der Waals surface area contributed by atoms with Gasteiger partial charge in [0.1, 0.15) is 5.82 Å². The van der Waals surface area contributed by atoms with Gasteiger partial charge in [-0.25, -0.2) is 9.97 Å². The van der Waals surface area contributed by atoms with Crippen LogP contribution in [0.3, 0.4) is 0 Å². The Bertz CT molecular complexity index is 405. The highest BCUT2D eigenvalue weighted by Gasteiger charge is 2.30. The zero-order valence-electron chi connectivity index (χ0n) is 12.3. The molecular weight excluding hydrogens is 236 g/mol. The molecule has 2 N–H and O–H groups in total. The van der Waals surface area contributed by atoms with Crippen LogP contribution in [0, 0.1) is 12.8 Å². The summed E-state index contributed by atoms with van der Waals surface area (Å²) in [6.45, 7) is 8.68. The van der Waals surface area contributed by atoms with E-state index in [1.807, 2.05) is 19.2 Å². The molecule has 4 heteroatoms. The van der Waals surface area contributed by atoms with Gasteiger partial charge in [-0.05, 0) is 38.3 Å². The summed E-state index contributed by atoms with van der Waals surface area (Å²) in [6.07, 6.45) is 5.39. The lowest BCUT2D eigenvalue weighted by atomic mass is 10.00. The van der Waals surface area contributed by atoms with Crippen molar-refractivity contribution in [2.75, 3.05) is 13.1 Å². The van der Waals surface area contributed by atoms with Crippen LogP contribution in [0.1, 0.15) is 50.7 Å². The average molecular weight is 262 g/mol. The molecule has 0 aromatic carbocycles. The third-order valence-electron chi connectivity index (χ3n) is 3.73. The fourth-order valence-electron chi connectivity index (χ4n) is 2.98. The van der Waals surface area contributed by atoms with E-state index in [9.17, 15) is 0 Å². The van der Waals surface area contributed by atoms with E-state index in [1.54, 1.807) is 0 Å². The van der Waals surface area contributed by atoms with Crippen molar-refractivity contribution in [1.29, 1.82) is 0 Å². The topological polar surface area (TPSA) is 55.0 Å². The van der Waals surface area contributed by atoms with Gasteiger partial charge in [-0.3, -0.25) is 4.90 Å². The Morgan fingerprint density at radius 2 is 2.21 bits per heavy atom. The van der Waals surface area contributed by atoms with E-state index in [-0.39, 0.29) is 12.1 Å². The Morgan fingerprint density at radius 1 is 1.42 bits per heavy atom. The number of aryl methyl sites for hydroxylation is 1.